The van der Waals surface area contributed by atoms with E-state index in [1.165, 1.54) is 49.6 Å². The second-order valence-electron chi connectivity index (χ2n) is 9.20. The van der Waals surface area contributed by atoms with Gasteiger partial charge in [0.2, 0.25) is 0 Å². The van der Waals surface area contributed by atoms with E-state index in [9.17, 15) is 0 Å². The molecule has 0 amide bonds. The fourth-order valence-electron chi connectivity index (χ4n) is 4.15. The Labute approximate surface area is 147 Å². The molecule has 0 bridgehead atoms. The van der Waals surface area contributed by atoms with E-state index < -0.39 is 0 Å². The van der Waals surface area contributed by atoms with E-state index in [2.05, 4.69) is 74.2 Å². The highest BCUT2D eigenvalue weighted by atomic mass is 79.9. The van der Waals surface area contributed by atoms with Crippen molar-refractivity contribution in [2.24, 2.45) is 0 Å². The van der Waals surface area contributed by atoms with E-state index in [0.29, 0.717) is 0 Å². The maximum atomic E-state index is 3.81. The molecule has 1 aliphatic heterocycles. The van der Waals surface area contributed by atoms with Crippen LogP contribution in [0.15, 0.2) is 0 Å². The van der Waals surface area contributed by atoms with E-state index >= 15 is 0 Å². The number of nitrogens with one attached hydrogen (secondary N) is 1. The summed E-state index contributed by atoms with van der Waals surface area (Å²) in [5.41, 5.74) is 0.505. The third-order valence-electron chi connectivity index (χ3n) is 5.11. The summed E-state index contributed by atoms with van der Waals surface area (Å²) in [7, 11) is 6.96. The highest BCUT2D eigenvalue weighted by Gasteiger charge is 2.44. The summed E-state index contributed by atoms with van der Waals surface area (Å²) in [5, 5.41) is 3.81. The lowest BCUT2D eigenvalue weighted by Crippen LogP contribution is -2.65. The molecule has 22 heavy (non-hydrogen) atoms. The molecule has 1 aliphatic rings. The number of quaternary nitrogens is 1. The number of piperidine rings is 1. The molecule has 3 nitrogen and oxygen atoms in total. The molecule has 1 N–H and O–H groups in total. The molecule has 4 heteroatoms. The summed E-state index contributed by atoms with van der Waals surface area (Å²) in [4.78, 5) is 0. The van der Waals surface area contributed by atoms with Gasteiger partial charge in [0.25, 0.3) is 0 Å². The van der Waals surface area contributed by atoms with Gasteiger partial charge in [-0.1, -0.05) is 6.42 Å². The van der Waals surface area contributed by atoms with Gasteiger partial charge in [-0.3, -0.25) is 0 Å². The summed E-state index contributed by atoms with van der Waals surface area (Å²) in [5.74, 6) is 0. The summed E-state index contributed by atoms with van der Waals surface area (Å²) in [6.45, 7) is 11.9. The SMILES string of the molecule is CN(Br)CCCCCC[N+](C)(C)C1CC(C)(C)NC(C)(C)C1. The Bertz CT molecular complexity index is 321. The molecular formula is C18H39BrN3+. The fraction of sp³-hybridized carbons (Fsp3) is 1.00. The zero-order chi connectivity index (χ0) is 17.0. The Balaban J connectivity index is 2.41. The van der Waals surface area contributed by atoms with Crippen molar-refractivity contribution >= 4 is 16.1 Å². The highest BCUT2D eigenvalue weighted by molar-refractivity contribution is 9.07. The third kappa shape index (κ3) is 7.29. The number of hydrogen-bond acceptors (Lipinski definition) is 2. The number of nitrogens with zero attached hydrogens (tertiary/aromatic N) is 2. The number of unbranched alkanes of at least 4 members (excludes halogenated alkanes) is 3. The van der Waals surface area contributed by atoms with Gasteiger partial charge in [-0.2, -0.15) is 0 Å². The van der Waals surface area contributed by atoms with Gasteiger partial charge in [0.15, 0.2) is 0 Å². The molecular weight excluding hydrogens is 338 g/mol. The smallest absolute Gasteiger partial charge is 0.0921 e. The first-order valence-corrected chi connectivity index (χ1v) is 9.63. The first-order chi connectivity index (χ1) is 9.94. The molecule has 0 saturated carbocycles. The molecule has 0 spiro atoms. The van der Waals surface area contributed by atoms with E-state index in [-0.39, 0.29) is 11.1 Å². The Hall–Kier alpha value is 0.360. The van der Waals surface area contributed by atoms with Crippen LogP contribution in [0, 0.1) is 0 Å². The van der Waals surface area contributed by atoms with Gasteiger partial charge < -0.3 is 9.80 Å². The van der Waals surface area contributed by atoms with Crippen LogP contribution in [0.2, 0.25) is 0 Å². The number of halogens is 1. The average molecular weight is 377 g/mol. The van der Waals surface area contributed by atoms with E-state index in [4.69, 9.17) is 0 Å². The van der Waals surface area contributed by atoms with Gasteiger partial charge in [0.05, 0.1) is 26.7 Å². The molecule has 0 unspecified atom stereocenters. The van der Waals surface area contributed by atoms with Crippen molar-refractivity contribution in [2.45, 2.75) is 83.3 Å². The van der Waals surface area contributed by atoms with Crippen LogP contribution in [0.25, 0.3) is 0 Å². The largest absolute Gasteiger partial charge is 0.326 e. The van der Waals surface area contributed by atoms with Crippen LogP contribution in [0.5, 0.6) is 0 Å². The average Bonchev–Trinajstić information content (AvgIpc) is 2.29. The molecule has 1 heterocycles. The van der Waals surface area contributed by atoms with Crippen LogP contribution < -0.4 is 5.32 Å². The van der Waals surface area contributed by atoms with Crippen LogP contribution in [0.4, 0.5) is 0 Å². The van der Waals surface area contributed by atoms with Crippen LogP contribution in [0.1, 0.15) is 66.2 Å². The second-order valence-corrected chi connectivity index (χ2v) is 10.4. The molecule has 1 fully saturated rings. The van der Waals surface area contributed by atoms with E-state index in [1.807, 2.05) is 0 Å². The first kappa shape index (κ1) is 20.4. The molecule has 0 aromatic heterocycles. The zero-order valence-corrected chi connectivity index (χ0v) is 17.6. The normalized spacial score (nSPS) is 22.2. The van der Waals surface area contributed by atoms with Crippen LogP contribution in [0.3, 0.4) is 0 Å². The Morgan fingerprint density at radius 2 is 1.50 bits per heavy atom. The quantitative estimate of drug-likeness (QED) is 0.388. The predicted molar refractivity (Wildman–Crippen MR) is 101 cm³/mol. The molecule has 0 aliphatic carbocycles. The van der Waals surface area contributed by atoms with Crippen molar-refractivity contribution in [1.82, 2.24) is 9.24 Å². The first-order valence-electron chi connectivity index (χ1n) is 8.92. The molecule has 132 valence electrons. The van der Waals surface area contributed by atoms with Crippen molar-refractivity contribution in [1.29, 1.82) is 0 Å². The van der Waals surface area contributed by atoms with Crippen molar-refractivity contribution in [2.75, 3.05) is 34.2 Å². The van der Waals surface area contributed by atoms with Gasteiger partial charge >= 0.3 is 0 Å². The molecule has 0 aromatic carbocycles. The fourth-order valence-corrected chi connectivity index (χ4v) is 4.40. The van der Waals surface area contributed by atoms with Gasteiger partial charge in [-0.15, -0.1) is 0 Å². The summed E-state index contributed by atoms with van der Waals surface area (Å²) in [6.07, 6.45) is 7.90. The lowest BCUT2D eigenvalue weighted by atomic mass is 9.78. The van der Waals surface area contributed by atoms with E-state index in [0.717, 1.165) is 12.6 Å². The Morgan fingerprint density at radius 1 is 1.00 bits per heavy atom. The predicted octanol–water partition coefficient (Wildman–Crippen LogP) is 4.17. The van der Waals surface area contributed by atoms with Gasteiger partial charge in [-0.25, -0.2) is 3.93 Å². The molecule has 0 radical (unpaired) electrons. The second kappa shape index (κ2) is 7.96. The zero-order valence-electron chi connectivity index (χ0n) is 16.0. The minimum atomic E-state index is 0.252. The van der Waals surface area contributed by atoms with Crippen molar-refractivity contribution in [3.8, 4) is 0 Å². The summed E-state index contributed by atoms with van der Waals surface area (Å²) >= 11 is 3.47. The monoisotopic (exact) mass is 376 g/mol. The van der Waals surface area contributed by atoms with Gasteiger partial charge in [-0.05, 0) is 54.0 Å². The van der Waals surface area contributed by atoms with Gasteiger partial charge in [0.1, 0.15) is 0 Å². The van der Waals surface area contributed by atoms with Crippen LogP contribution in [-0.2, 0) is 0 Å². The topological polar surface area (TPSA) is 15.3 Å². The van der Waals surface area contributed by atoms with Crippen molar-refractivity contribution in [3.05, 3.63) is 0 Å². The van der Waals surface area contributed by atoms with Gasteiger partial charge in [0, 0.05) is 46.6 Å². The van der Waals surface area contributed by atoms with Crippen LogP contribution in [-0.4, -0.2) is 59.8 Å². The minimum Gasteiger partial charge on any atom is -0.326 e. The Morgan fingerprint density at radius 3 is 2.00 bits per heavy atom. The van der Waals surface area contributed by atoms with E-state index in [1.54, 1.807) is 0 Å². The third-order valence-corrected chi connectivity index (χ3v) is 5.46. The maximum absolute atomic E-state index is 3.81. The lowest BCUT2D eigenvalue weighted by molar-refractivity contribution is -0.917. The molecule has 1 saturated heterocycles. The number of hydrogen-bond donors (Lipinski definition) is 1. The highest BCUT2D eigenvalue weighted by Crippen LogP contribution is 2.33. The van der Waals surface area contributed by atoms with Crippen molar-refractivity contribution < 1.29 is 4.48 Å². The molecule has 1 rings (SSSR count). The van der Waals surface area contributed by atoms with Crippen molar-refractivity contribution in [3.63, 3.8) is 0 Å². The van der Waals surface area contributed by atoms with Crippen LogP contribution >= 0.6 is 16.1 Å². The summed E-state index contributed by atoms with van der Waals surface area (Å²) < 4.78 is 3.28. The maximum Gasteiger partial charge on any atom is 0.0921 e. The molecule has 0 atom stereocenters. The Kier molecular flexibility index (Phi) is 7.38. The minimum absolute atomic E-state index is 0.252. The molecule has 0 aromatic rings. The summed E-state index contributed by atoms with van der Waals surface area (Å²) in [6, 6.07) is 0.764. The standard InChI is InChI=1S/C18H39BrN3/c1-17(2)14-16(15-18(3,4)20-17)22(6,7)13-11-9-8-10-12-21(5)19/h16,20H,8-15H2,1-7H3/q+1. The lowest BCUT2D eigenvalue weighted by Gasteiger charge is -2.51. The number of rotatable bonds is 8.